The third kappa shape index (κ3) is 4.51. The predicted octanol–water partition coefficient (Wildman–Crippen LogP) is 4.27. The Hall–Kier alpha value is -2.54. The van der Waals surface area contributed by atoms with E-state index in [-0.39, 0.29) is 5.69 Å². The smallest absolute Gasteiger partial charge is 0.248 e. The SMILES string of the molecule is COc1ccc(/C=C/C(=O)Nc2ccc(Br)cc2F)c(OC)c1OC. The number of rotatable bonds is 6. The molecule has 0 spiro atoms. The van der Waals surface area contributed by atoms with Gasteiger partial charge in [-0.05, 0) is 36.4 Å². The van der Waals surface area contributed by atoms with Crippen LogP contribution in [0.5, 0.6) is 17.2 Å². The van der Waals surface area contributed by atoms with Crippen LogP contribution in [0.2, 0.25) is 0 Å². The molecule has 0 aliphatic carbocycles. The number of hydrogen-bond acceptors (Lipinski definition) is 4. The van der Waals surface area contributed by atoms with Gasteiger partial charge in [0.2, 0.25) is 11.7 Å². The summed E-state index contributed by atoms with van der Waals surface area (Å²) in [5.74, 6) is 0.364. The molecule has 7 heteroatoms. The van der Waals surface area contributed by atoms with Gasteiger partial charge in [0.25, 0.3) is 0 Å². The van der Waals surface area contributed by atoms with Crippen molar-refractivity contribution in [3.63, 3.8) is 0 Å². The van der Waals surface area contributed by atoms with E-state index in [9.17, 15) is 9.18 Å². The molecule has 0 atom stereocenters. The second-order valence-electron chi connectivity index (χ2n) is 4.87. The number of nitrogens with one attached hydrogen (secondary N) is 1. The van der Waals surface area contributed by atoms with E-state index >= 15 is 0 Å². The largest absolute Gasteiger partial charge is 0.493 e. The molecule has 2 rings (SSSR count). The minimum absolute atomic E-state index is 0.0946. The van der Waals surface area contributed by atoms with Crippen molar-refractivity contribution in [2.24, 2.45) is 0 Å². The maximum atomic E-state index is 13.8. The summed E-state index contributed by atoms with van der Waals surface area (Å²) >= 11 is 3.16. The van der Waals surface area contributed by atoms with Crippen LogP contribution in [-0.2, 0) is 4.79 Å². The monoisotopic (exact) mass is 409 g/mol. The molecular formula is C18H17BrFNO4. The summed E-state index contributed by atoms with van der Waals surface area (Å²) in [6.45, 7) is 0. The van der Waals surface area contributed by atoms with Gasteiger partial charge in [-0.25, -0.2) is 4.39 Å². The van der Waals surface area contributed by atoms with Crippen molar-refractivity contribution in [3.05, 3.63) is 52.3 Å². The third-order valence-corrected chi connectivity index (χ3v) is 3.83. The Bertz CT molecular complexity index is 808. The van der Waals surface area contributed by atoms with Crippen LogP contribution in [0, 0.1) is 5.82 Å². The number of anilines is 1. The number of benzene rings is 2. The molecule has 2 aromatic carbocycles. The molecular weight excluding hydrogens is 393 g/mol. The first kappa shape index (κ1) is 18.8. The normalized spacial score (nSPS) is 10.6. The lowest BCUT2D eigenvalue weighted by molar-refractivity contribution is -0.111. The van der Waals surface area contributed by atoms with Crippen LogP contribution in [0.4, 0.5) is 10.1 Å². The molecule has 25 heavy (non-hydrogen) atoms. The molecule has 0 aliphatic rings. The molecule has 0 unspecified atom stereocenters. The Balaban J connectivity index is 2.22. The molecule has 132 valence electrons. The van der Waals surface area contributed by atoms with Crippen LogP contribution in [0.15, 0.2) is 40.9 Å². The maximum absolute atomic E-state index is 13.8. The molecule has 0 aromatic heterocycles. The van der Waals surface area contributed by atoms with Crippen molar-refractivity contribution in [2.75, 3.05) is 26.6 Å². The van der Waals surface area contributed by atoms with Crippen LogP contribution >= 0.6 is 15.9 Å². The Morgan fingerprint density at radius 2 is 1.80 bits per heavy atom. The number of ether oxygens (including phenoxy) is 3. The van der Waals surface area contributed by atoms with E-state index in [4.69, 9.17) is 14.2 Å². The minimum Gasteiger partial charge on any atom is -0.493 e. The molecule has 0 aliphatic heterocycles. The fourth-order valence-corrected chi connectivity index (χ4v) is 2.52. The van der Waals surface area contributed by atoms with Crippen LogP contribution in [0.3, 0.4) is 0 Å². The van der Waals surface area contributed by atoms with Crippen LogP contribution < -0.4 is 19.5 Å². The lowest BCUT2D eigenvalue weighted by Crippen LogP contribution is -2.09. The van der Waals surface area contributed by atoms with Gasteiger partial charge in [0.15, 0.2) is 11.5 Å². The Kier molecular flexibility index (Phi) is 6.41. The number of halogens is 2. The molecule has 0 radical (unpaired) electrons. The molecule has 1 N–H and O–H groups in total. The van der Waals surface area contributed by atoms with Gasteiger partial charge in [-0.15, -0.1) is 0 Å². The van der Waals surface area contributed by atoms with E-state index in [2.05, 4.69) is 21.2 Å². The molecule has 0 fully saturated rings. The van der Waals surface area contributed by atoms with Crippen LogP contribution in [-0.4, -0.2) is 27.2 Å². The second-order valence-corrected chi connectivity index (χ2v) is 5.79. The average molecular weight is 410 g/mol. The zero-order valence-electron chi connectivity index (χ0n) is 13.9. The van der Waals surface area contributed by atoms with Crippen molar-refractivity contribution < 1.29 is 23.4 Å². The first-order valence-electron chi connectivity index (χ1n) is 7.23. The summed E-state index contributed by atoms with van der Waals surface area (Å²) in [7, 11) is 4.51. The highest BCUT2D eigenvalue weighted by atomic mass is 79.9. The number of carbonyl (C=O) groups is 1. The lowest BCUT2D eigenvalue weighted by atomic mass is 10.1. The summed E-state index contributed by atoms with van der Waals surface area (Å²) < 4.78 is 30.2. The van der Waals surface area contributed by atoms with Crippen molar-refractivity contribution >= 4 is 33.6 Å². The number of methoxy groups -OCH3 is 3. The summed E-state index contributed by atoms with van der Waals surface area (Å²) in [5, 5.41) is 2.48. The van der Waals surface area contributed by atoms with Gasteiger partial charge < -0.3 is 19.5 Å². The van der Waals surface area contributed by atoms with Crippen LogP contribution in [0.25, 0.3) is 6.08 Å². The minimum atomic E-state index is -0.528. The van der Waals surface area contributed by atoms with Crippen molar-refractivity contribution in [2.45, 2.75) is 0 Å². The van der Waals surface area contributed by atoms with E-state index in [0.29, 0.717) is 27.3 Å². The number of carbonyl (C=O) groups excluding carboxylic acids is 1. The quantitative estimate of drug-likeness (QED) is 0.723. The van der Waals surface area contributed by atoms with Gasteiger partial charge in [0.1, 0.15) is 5.82 Å². The van der Waals surface area contributed by atoms with Gasteiger partial charge in [0, 0.05) is 16.1 Å². The zero-order chi connectivity index (χ0) is 18.4. The summed E-state index contributed by atoms with van der Waals surface area (Å²) in [6.07, 6.45) is 2.83. The molecule has 1 amide bonds. The molecule has 5 nitrogen and oxygen atoms in total. The highest BCUT2D eigenvalue weighted by molar-refractivity contribution is 9.10. The summed E-state index contributed by atoms with van der Waals surface area (Å²) in [6, 6.07) is 7.82. The molecule has 0 saturated carbocycles. The van der Waals surface area contributed by atoms with E-state index in [1.165, 1.54) is 39.5 Å². The summed E-state index contributed by atoms with van der Waals surface area (Å²) in [5.41, 5.74) is 0.712. The van der Waals surface area contributed by atoms with Gasteiger partial charge >= 0.3 is 0 Å². The van der Waals surface area contributed by atoms with Crippen molar-refractivity contribution in [1.29, 1.82) is 0 Å². The Labute approximate surface area is 153 Å². The maximum Gasteiger partial charge on any atom is 0.248 e. The number of hydrogen-bond donors (Lipinski definition) is 1. The topological polar surface area (TPSA) is 56.8 Å². The third-order valence-electron chi connectivity index (χ3n) is 3.34. The van der Waals surface area contributed by atoms with Gasteiger partial charge in [0.05, 0.1) is 27.0 Å². The van der Waals surface area contributed by atoms with E-state index in [0.717, 1.165) is 0 Å². The van der Waals surface area contributed by atoms with E-state index in [1.807, 2.05) is 0 Å². The second kappa shape index (κ2) is 8.53. The zero-order valence-corrected chi connectivity index (χ0v) is 15.5. The van der Waals surface area contributed by atoms with Gasteiger partial charge in [-0.1, -0.05) is 15.9 Å². The fraction of sp³-hybridized carbons (Fsp3) is 0.167. The molecule has 0 saturated heterocycles. The summed E-state index contributed by atoms with van der Waals surface area (Å²) in [4.78, 5) is 12.0. The van der Waals surface area contributed by atoms with Gasteiger partial charge in [-0.2, -0.15) is 0 Å². The Morgan fingerprint density at radius 1 is 1.08 bits per heavy atom. The standard InChI is InChI=1S/C18H17BrFNO4/c1-23-15-8-4-11(17(24-2)18(15)25-3)5-9-16(22)21-14-7-6-12(19)10-13(14)20/h4-10H,1-3H3,(H,21,22)/b9-5+. The fourth-order valence-electron chi connectivity index (χ4n) is 2.19. The highest BCUT2D eigenvalue weighted by Crippen LogP contribution is 2.40. The van der Waals surface area contributed by atoms with E-state index < -0.39 is 11.7 Å². The van der Waals surface area contributed by atoms with Crippen molar-refractivity contribution in [1.82, 2.24) is 0 Å². The first-order valence-corrected chi connectivity index (χ1v) is 8.02. The van der Waals surface area contributed by atoms with Gasteiger partial charge in [-0.3, -0.25) is 4.79 Å². The molecule has 0 heterocycles. The predicted molar refractivity (Wildman–Crippen MR) is 97.9 cm³/mol. The number of amides is 1. The van der Waals surface area contributed by atoms with Crippen molar-refractivity contribution in [3.8, 4) is 17.2 Å². The molecule has 2 aromatic rings. The lowest BCUT2D eigenvalue weighted by Gasteiger charge is -2.14. The highest BCUT2D eigenvalue weighted by Gasteiger charge is 2.14. The Morgan fingerprint density at radius 3 is 2.40 bits per heavy atom. The van der Waals surface area contributed by atoms with E-state index in [1.54, 1.807) is 24.3 Å². The van der Waals surface area contributed by atoms with Crippen LogP contribution in [0.1, 0.15) is 5.56 Å². The first-order chi connectivity index (χ1) is 12.0. The average Bonchev–Trinajstić information content (AvgIpc) is 2.61. The molecule has 0 bridgehead atoms.